The summed E-state index contributed by atoms with van der Waals surface area (Å²) in [5, 5.41) is 16.3. The molecule has 3 heteroatoms. The molecule has 0 aliphatic heterocycles. The molecule has 0 aromatic rings. The van der Waals surface area contributed by atoms with E-state index in [-0.39, 0.29) is 13.0 Å². The van der Waals surface area contributed by atoms with E-state index in [1.165, 1.54) is 6.08 Å². The molecule has 0 bridgehead atoms. The van der Waals surface area contributed by atoms with Crippen molar-refractivity contribution in [3.63, 3.8) is 0 Å². The highest BCUT2D eigenvalue weighted by atomic mass is 16.4. The van der Waals surface area contributed by atoms with Gasteiger partial charge in [-0.25, -0.2) is 0 Å². The van der Waals surface area contributed by atoms with Crippen LogP contribution < -0.4 is 0 Å². The van der Waals surface area contributed by atoms with Gasteiger partial charge in [0.15, 0.2) is 0 Å². The van der Waals surface area contributed by atoms with Gasteiger partial charge in [-0.2, -0.15) is 0 Å². The molecule has 0 amide bonds. The van der Waals surface area contributed by atoms with Gasteiger partial charge in [0, 0.05) is 6.61 Å². The van der Waals surface area contributed by atoms with E-state index in [9.17, 15) is 4.79 Å². The van der Waals surface area contributed by atoms with Gasteiger partial charge in [-0.05, 0) is 6.42 Å². The Hall–Kier alpha value is -0.830. The molecule has 2 N–H and O–H groups in total. The van der Waals surface area contributed by atoms with Crippen LogP contribution in [0.3, 0.4) is 0 Å². The fourth-order valence-electron chi connectivity index (χ4n) is 0.377. The van der Waals surface area contributed by atoms with Gasteiger partial charge >= 0.3 is 5.97 Å². The maximum atomic E-state index is 9.85. The number of carbonyl (C=O) groups is 1. The Morgan fingerprint density at radius 2 is 2.11 bits per heavy atom. The zero-order valence-electron chi connectivity index (χ0n) is 5.08. The molecule has 0 aromatic carbocycles. The van der Waals surface area contributed by atoms with Crippen LogP contribution in [-0.2, 0) is 4.79 Å². The summed E-state index contributed by atoms with van der Waals surface area (Å²) in [6.07, 6.45) is 3.75. The van der Waals surface area contributed by atoms with E-state index in [0.29, 0.717) is 6.42 Å². The predicted molar refractivity (Wildman–Crippen MR) is 33.1 cm³/mol. The highest BCUT2D eigenvalue weighted by molar-refractivity contribution is 5.68. The van der Waals surface area contributed by atoms with E-state index in [1.807, 2.05) is 0 Å². The van der Waals surface area contributed by atoms with E-state index in [0.717, 1.165) is 0 Å². The zero-order valence-corrected chi connectivity index (χ0v) is 5.08. The molecule has 0 heterocycles. The lowest BCUT2D eigenvalue weighted by atomic mass is 10.3. The van der Waals surface area contributed by atoms with E-state index >= 15 is 0 Å². The largest absolute Gasteiger partial charge is 0.481 e. The molecule has 0 spiro atoms. The van der Waals surface area contributed by atoms with Gasteiger partial charge in [-0.3, -0.25) is 4.79 Å². The average Bonchev–Trinajstić information content (AvgIpc) is 1.80. The standard InChI is InChI=1S/C6H10O3/c7-5-3-1-2-4-6(8)9/h1-2,7H,3-5H2,(H,8,9). The van der Waals surface area contributed by atoms with Crippen LogP contribution in [0.15, 0.2) is 12.2 Å². The lowest BCUT2D eigenvalue weighted by Crippen LogP contribution is -1.89. The number of aliphatic carboxylic acids is 1. The summed E-state index contributed by atoms with van der Waals surface area (Å²) in [7, 11) is 0. The monoisotopic (exact) mass is 130 g/mol. The first-order valence-electron chi connectivity index (χ1n) is 2.75. The van der Waals surface area contributed by atoms with Crippen molar-refractivity contribution in [2.75, 3.05) is 6.61 Å². The molecular formula is C6H10O3. The highest BCUT2D eigenvalue weighted by Gasteiger charge is 1.87. The molecule has 0 aliphatic carbocycles. The van der Waals surface area contributed by atoms with Crippen LogP contribution in [0.5, 0.6) is 0 Å². The van der Waals surface area contributed by atoms with Gasteiger partial charge in [-0.1, -0.05) is 12.2 Å². The topological polar surface area (TPSA) is 57.5 Å². The molecule has 52 valence electrons. The van der Waals surface area contributed by atoms with Crippen molar-refractivity contribution in [2.24, 2.45) is 0 Å². The van der Waals surface area contributed by atoms with E-state index in [2.05, 4.69) is 0 Å². The number of aliphatic hydroxyl groups is 1. The molecule has 0 aliphatic rings. The van der Waals surface area contributed by atoms with Gasteiger partial charge in [0.2, 0.25) is 0 Å². The average molecular weight is 130 g/mol. The SMILES string of the molecule is O=C(O)CC=CCCO. The summed E-state index contributed by atoms with van der Waals surface area (Å²) >= 11 is 0. The number of hydrogen-bond acceptors (Lipinski definition) is 2. The molecule has 0 saturated carbocycles. The molecule has 0 rings (SSSR count). The maximum Gasteiger partial charge on any atom is 0.307 e. The molecule has 0 aromatic heterocycles. The van der Waals surface area contributed by atoms with Crippen LogP contribution in [0.1, 0.15) is 12.8 Å². The first-order valence-corrected chi connectivity index (χ1v) is 2.75. The maximum absolute atomic E-state index is 9.85. The van der Waals surface area contributed by atoms with Crippen molar-refractivity contribution >= 4 is 5.97 Å². The normalized spacial score (nSPS) is 10.3. The molecule has 3 nitrogen and oxygen atoms in total. The summed E-state index contributed by atoms with van der Waals surface area (Å²) in [6.45, 7) is 0.0795. The Kier molecular flexibility index (Phi) is 4.82. The van der Waals surface area contributed by atoms with Gasteiger partial charge in [-0.15, -0.1) is 0 Å². The van der Waals surface area contributed by atoms with Crippen LogP contribution in [0.2, 0.25) is 0 Å². The Morgan fingerprint density at radius 3 is 2.56 bits per heavy atom. The van der Waals surface area contributed by atoms with Crippen molar-refractivity contribution in [2.45, 2.75) is 12.8 Å². The van der Waals surface area contributed by atoms with E-state index < -0.39 is 5.97 Å². The predicted octanol–water partition coefficient (Wildman–Crippen LogP) is 0.400. The van der Waals surface area contributed by atoms with Crippen molar-refractivity contribution in [3.05, 3.63) is 12.2 Å². The second-order valence-electron chi connectivity index (χ2n) is 1.58. The second kappa shape index (κ2) is 5.31. The third-order valence-corrected chi connectivity index (χ3v) is 0.755. The van der Waals surface area contributed by atoms with Gasteiger partial charge in [0.05, 0.1) is 6.42 Å². The highest BCUT2D eigenvalue weighted by Crippen LogP contribution is 1.85. The van der Waals surface area contributed by atoms with Crippen molar-refractivity contribution < 1.29 is 15.0 Å². The van der Waals surface area contributed by atoms with Crippen LogP contribution in [0, 0.1) is 0 Å². The Morgan fingerprint density at radius 1 is 1.44 bits per heavy atom. The number of hydrogen-bond donors (Lipinski definition) is 2. The molecule has 0 fully saturated rings. The summed E-state index contributed by atoms with van der Waals surface area (Å²) in [6, 6.07) is 0. The molecule has 0 saturated heterocycles. The van der Waals surface area contributed by atoms with Crippen LogP contribution in [0.4, 0.5) is 0 Å². The molecule has 9 heavy (non-hydrogen) atoms. The number of carboxylic acids is 1. The fourth-order valence-corrected chi connectivity index (χ4v) is 0.377. The van der Waals surface area contributed by atoms with Gasteiger partial charge < -0.3 is 10.2 Å². The van der Waals surface area contributed by atoms with Gasteiger partial charge in [0.1, 0.15) is 0 Å². The third kappa shape index (κ3) is 7.17. The summed E-state index contributed by atoms with van der Waals surface area (Å²) < 4.78 is 0. The smallest absolute Gasteiger partial charge is 0.307 e. The lowest BCUT2D eigenvalue weighted by molar-refractivity contribution is -0.136. The van der Waals surface area contributed by atoms with Crippen LogP contribution in [0.25, 0.3) is 0 Å². The Bertz CT molecular complexity index is 107. The summed E-state index contributed by atoms with van der Waals surface area (Å²) in [4.78, 5) is 9.85. The van der Waals surface area contributed by atoms with Crippen molar-refractivity contribution in [3.8, 4) is 0 Å². The third-order valence-electron chi connectivity index (χ3n) is 0.755. The second-order valence-corrected chi connectivity index (χ2v) is 1.58. The van der Waals surface area contributed by atoms with Crippen molar-refractivity contribution in [1.29, 1.82) is 0 Å². The summed E-state index contributed by atoms with van der Waals surface area (Å²) in [5.41, 5.74) is 0. The minimum atomic E-state index is -0.843. The lowest BCUT2D eigenvalue weighted by Gasteiger charge is -1.83. The van der Waals surface area contributed by atoms with Crippen molar-refractivity contribution in [1.82, 2.24) is 0 Å². The minimum absolute atomic E-state index is 0.0417. The molecule has 0 unspecified atom stereocenters. The number of carboxylic acid groups (broad SMARTS) is 1. The van der Waals surface area contributed by atoms with E-state index in [1.54, 1.807) is 6.08 Å². The number of rotatable bonds is 4. The Balaban J connectivity index is 3.14. The number of aliphatic hydroxyl groups excluding tert-OH is 1. The van der Waals surface area contributed by atoms with Gasteiger partial charge in [0.25, 0.3) is 0 Å². The van der Waals surface area contributed by atoms with E-state index in [4.69, 9.17) is 10.2 Å². The first-order chi connectivity index (χ1) is 4.27. The zero-order chi connectivity index (χ0) is 7.11. The quantitative estimate of drug-likeness (QED) is 0.541. The first kappa shape index (κ1) is 8.17. The van der Waals surface area contributed by atoms with Crippen LogP contribution >= 0.6 is 0 Å². The Labute approximate surface area is 53.6 Å². The van der Waals surface area contributed by atoms with Crippen LogP contribution in [-0.4, -0.2) is 22.8 Å². The minimum Gasteiger partial charge on any atom is -0.481 e. The summed E-state index contributed by atoms with van der Waals surface area (Å²) in [5.74, 6) is -0.843. The fraction of sp³-hybridized carbons (Fsp3) is 0.500. The molecule has 0 radical (unpaired) electrons. The molecular weight excluding hydrogens is 120 g/mol. The molecule has 0 atom stereocenters.